The minimum Gasteiger partial charge on any atom is -0.282 e. The van der Waals surface area contributed by atoms with Gasteiger partial charge in [0.15, 0.2) is 0 Å². The maximum Gasteiger partial charge on any atom is 0.294 e. The molecule has 0 aliphatic carbocycles. The highest BCUT2D eigenvalue weighted by molar-refractivity contribution is 7.96. The van der Waals surface area contributed by atoms with Crippen LogP contribution in [0.5, 0.6) is 0 Å². The molecule has 6 rings (SSSR count). The van der Waals surface area contributed by atoms with Crippen LogP contribution in [0.25, 0.3) is 10.8 Å². The maximum absolute atomic E-state index is 14.6. The van der Waals surface area contributed by atoms with Crippen LogP contribution in [-0.4, -0.2) is 137 Å². The molecule has 0 heterocycles. The zero-order valence-electron chi connectivity index (χ0n) is 38.5. The van der Waals surface area contributed by atoms with E-state index in [1.807, 2.05) is 0 Å². The number of rotatable bonds is 20. The highest BCUT2D eigenvalue weighted by Crippen LogP contribution is 2.38. The molecule has 6 aromatic carbocycles. The van der Waals surface area contributed by atoms with Crippen molar-refractivity contribution in [2.24, 2.45) is 0 Å². The lowest BCUT2D eigenvalue weighted by Crippen LogP contribution is -2.22. The summed E-state index contributed by atoms with van der Waals surface area (Å²) < 4.78 is 393. The van der Waals surface area contributed by atoms with E-state index in [0.29, 0.717) is 0 Å². The molecule has 0 aliphatic heterocycles. The van der Waals surface area contributed by atoms with Crippen molar-refractivity contribution in [2.45, 2.75) is 58.7 Å². The average Bonchev–Trinajstić information content (AvgIpc) is 3.19. The van der Waals surface area contributed by atoms with E-state index in [-0.39, 0.29) is 97.1 Å². The van der Waals surface area contributed by atoms with Crippen LogP contribution >= 0.6 is 0 Å². The molecule has 448 valence electrons. The molecular weight excluding hydrogens is 1360 g/mol. The summed E-state index contributed by atoms with van der Waals surface area (Å²) in [7, 11) is -68.8. The van der Waals surface area contributed by atoms with Crippen LogP contribution in [0.2, 0.25) is 0 Å². The van der Waals surface area contributed by atoms with Crippen molar-refractivity contribution in [2.75, 3.05) is 18.9 Å². The molecule has 0 fully saturated rings. The molecule has 0 bridgehead atoms. The fourth-order valence-electron chi connectivity index (χ4n) is 6.67. The molecule has 0 unspecified atom stereocenters. The van der Waals surface area contributed by atoms with E-state index < -0.39 is 213 Å². The van der Waals surface area contributed by atoms with Crippen molar-refractivity contribution in [3.63, 3.8) is 0 Å². The van der Waals surface area contributed by atoms with Gasteiger partial charge in [-0.3, -0.25) is 55.3 Å². The number of anilines is 4. The van der Waals surface area contributed by atoms with Crippen molar-refractivity contribution in [3.05, 3.63) is 97.1 Å². The van der Waals surface area contributed by atoms with Gasteiger partial charge in [-0.1, -0.05) is 0 Å². The minimum absolute atomic E-state index is 0.0103. The van der Waals surface area contributed by atoms with Crippen LogP contribution in [0.1, 0.15) is 0 Å². The maximum atomic E-state index is 14.6. The van der Waals surface area contributed by atoms with E-state index in [1.165, 1.54) is 18.9 Å². The third-order valence-electron chi connectivity index (χ3n) is 10.0. The Morgan fingerprint density at radius 2 is 0.415 bits per heavy atom. The van der Waals surface area contributed by atoms with Crippen molar-refractivity contribution in [1.29, 1.82) is 0 Å². The predicted molar refractivity (Wildman–Crippen MR) is 271 cm³/mol. The van der Waals surface area contributed by atoms with Crippen LogP contribution < -0.4 is 18.9 Å². The van der Waals surface area contributed by atoms with Crippen molar-refractivity contribution in [1.82, 2.24) is 0 Å². The van der Waals surface area contributed by atoms with Crippen LogP contribution in [0.4, 0.5) is 22.7 Å². The van der Waals surface area contributed by atoms with Gasteiger partial charge in [0.2, 0.25) is 0 Å². The normalized spacial score (nSPS) is 13.8. The van der Waals surface area contributed by atoms with Gasteiger partial charge >= 0.3 is 0 Å². The SMILES string of the molecule is O=S(=O)(O)c1cc(NS(=O)(=O)c2cc(S(=O)(=O)Nc3cc(S(=O)(=O)O)cc(S(=O)(=O)O)c3)c3cc(S(=O)(=O)Nc4cc(S(=O)(=O)O)cc(S(=O)(=O)O)c4)c(S(=O)(=O)Nc4cc(S(=O)(=O)O)cc(S(=O)(=O)O)c4)cc3c2)cc(S(=O)(=O)O)c1. The molecule has 82 heavy (non-hydrogen) atoms. The van der Waals surface area contributed by atoms with Crippen molar-refractivity contribution >= 4 is 155 Å². The molecule has 0 amide bonds. The van der Waals surface area contributed by atoms with Crippen LogP contribution in [0.3, 0.4) is 0 Å². The van der Waals surface area contributed by atoms with Gasteiger partial charge in [0.1, 0.15) is 9.79 Å². The molecule has 0 saturated carbocycles. The lowest BCUT2D eigenvalue weighted by Gasteiger charge is -2.19. The second kappa shape index (κ2) is 20.9. The smallest absolute Gasteiger partial charge is 0.282 e. The van der Waals surface area contributed by atoms with Gasteiger partial charge in [-0.15, -0.1) is 0 Å². The molecule has 0 radical (unpaired) electrons. The van der Waals surface area contributed by atoms with Gasteiger partial charge in [0.05, 0.1) is 71.7 Å². The zero-order chi connectivity index (χ0) is 62.5. The third kappa shape index (κ3) is 15.0. The summed E-state index contributed by atoms with van der Waals surface area (Å²) in [6.07, 6.45) is 0. The molecule has 0 saturated heterocycles. The Balaban J connectivity index is 1.79. The number of hydrogen-bond acceptors (Lipinski definition) is 24. The summed E-state index contributed by atoms with van der Waals surface area (Å²) in [5.41, 5.74) is -5.26. The Hall–Kier alpha value is -6.14. The molecule has 36 nitrogen and oxygen atoms in total. The fraction of sp³-hybridized carbons (Fsp3) is 0. The highest BCUT2D eigenvalue weighted by atomic mass is 32.3. The molecule has 0 spiro atoms. The largest absolute Gasteiger partial charge is 0.294 e. The summed E-state index contributed by atoms with van der Waals surface area (Å²) >= 11 is 0. The van der Waals surface area contributed by atoms with Gasteiger partial charge in [0, 0.05) is 5.39 Å². The zero-order valence-corrected chi connectivity index (χ0v) is 48.3. The summed E-state index contributed by atoms with van der Waals surface area (Å²) in [6, 6.07) is 1.50. The molecule has 0 aromatic heterocycles. The monoisotopic (exact) mass is 1390 g/mol. The molecular formula is C34H28N4O32S12. The third-order valence-corrected chi connectivity index (χ3v) is 22.4. The van der Waals surface area contributed by atoms with E-state index >= 15 is 0 Å². The molecule has 12 N–H and O–H groups in total. The molecule has 0 atom stereocenters. The van der Waals surface area contributed by atoms with E-state index in [2.05, 4.69) is 0 Å². The Morgan fingerprint density at radius 3 is 0.646 bits per heavy atom. The first-order valence-corrected chi connectivity index (χ1v) is 37.2. The van der Waals surface area contributed by atoms with Crippen molar-refractivity contribution in [3.8, 4) is 0 Å². The highest BCUT2D eigenvalue weighted by Gasteiger charge is 2.34. The second-order valence-electron chi connectivity index (χ2n) is 15.9. The first-order chi connectivity index (χ1) is 36.6. The van der Waals surface area contributed by atoms with Crippen LogP contribution in [0, 0.1) is 0 Å². The number of sulfonamides is 4. The van der Waals surface area contributed by atoms with Crippen LogP contribution in [0.15, 0.2) is 156 Å². The summed E-state index contributed by atoms with van der Waals surface area (Å²) in [5, 5.41) is -2.55. The Kier molecular flexibility index (Phi) is 16.6. The fourth-order valence-corrected chi connectivity index (χ4v) is 16.8. The molecule has 0 aliphatic rings. The Labute approximate surface area is 463 Å². The molecule has 48 heteroatoms. The Bertz CT molecular complexity index is 5050. The van der Waals surface area contributed by atoms with E-state index in [0.717, 1.165) is 0 Å². The lowest BCUT2D eigenvalue weighted by atomic mass is 10.1. The quantitative estimate of drug-likeness (QED) is 0.0448. The lowest BCUT2D eigenvalue weighted by molar-refractivity contribution is 0.476. The van der Waals surface area contributed by atoms with E-state index in [9.17, 15) is 137 Å². The Morgan fingerprint density at radius 1 is 0.207 bits per heavy atom. The van der Waals surface area contributed by atoms with Gasteiger partial charge in [-0.05, 0) is 102 Å². The number of benzene rings is 6. The van der Waals surface area contributed by atoms with Gasteiger partial charge in [-0.2, -0.15) is 67.3 Å². The van der Waals surface area contributed by atoms with Gasteiger partial charge < -0.3 is 0 Å². The number of fused-ring (bicyclic) bond motifs is 1. The summed E-state index contributed by atoms with van der Waals surface area (Å²) in [4.78, 5) is -19.2. The molecule has 6 aromatic rings. The summed E-state index contributed by atoms with van der Waals surface area (Å²) in [6.45, 7) is 0. The first-order valence-electron chi connectivity index (χ1n) is 19.7. The standard InChI is InChI=1S/C34H28N4O32S12/c39-71(40,35-18-3-23(75(47,48)49)11-24(4-18)76(50,51)52)22-1-17-2-33(73(43,44)37-20-7-27(79(59,60)61)13-28(8-20)80(62,63)64)34(74(45,46)38-21-9-29(81(65,66)67)14-30(10-21)82(68,69)70)16-31(17)32(15-22)72(41,42)36-19-5-25(77(53,54)55)12-26(6-19)78(56,57)58/h1-16,35-38H,(H,47,48,49)(H,50,51,52)(H,53,54,55)(H,56,57,58)(H,59,60,61)(H,62,63,64)(H,65,66,67)(H,68,69,70). The second-order valence-corrected chi connectivity index (χ2v) is 33.9. The number of hydrogen-bond donors (Lipinski definition) is 12. The van der Waals surface area contributed by atoms with Crippen molar-refractivity contribution < 1.29 is 137 Å². The average molecular weight is 1390 g/mol. The van der Waals surface area contributed by atoms with E-state index in [1.54, 1.807) is 0 Å². The number of nitrogens with one attached hydrogen (secondary N) is 4. The minimum atomic E-state index is -6.14. The van der Waals surface area contributed by atoms with Gasteiger partial charge in [0.25, 0.3) is 121 Å². The predicted octanol–water partition coefficient (Wildman–Crippen LogP) is 0.0166. The van der Waals surface area contributed by atoms with Crippen LogP contribution in [-0.2, 0) is 121 Å². The first kappa shape index (κ1) is 65.0. The van der Waals surface area contributed by atoms with E-state index in [4.69, 9.17) is 0 Å². The van der Waals surface area contributed by atoms with Gasteiger partial charge in [-0.25, -0.2) is 33.7 Å². The topological polar surface area (TPSA) is 620 Å². The summed E-state index contributed by atoms with van der Waals surface area (Å²) in [5.74, 6) is 0.